The van der Waals surface area contributed by atoms with E-state index in [4.69, 9.17) is 4.74 Å². The molecule has 1 aliphatic heterocycles. The Morgan fingerprint density at radius 2 is 2.19 bits per heavy atom. The number of thiazole rings is 1. The van der Waals surface area contributed by atoms with Crippen molar-refractivity contribution in [2.24, 2.45) is 5.92 Å². The van der Waals surface area contributed by atoms with Gasteiger partial charge in [-0.1, -0.05) is 23.5 Å². The number of hydrogen-bond acceptors (Lipinski definition) is 6. The molecule has 6 nitrogen and oxygen atoms in total. The highest BCUT2D eigenvalue weighted by molar-refractivity contribution is 7.21. The molecule has 0 unspecified atom stereocenters. The Bertz CT molecular complexity index is 892. The molecule has 0 bridgehead atoms. The SMILES string of the molecule is COc1ccc(CNC(=O)[C@@H]2CCCN(c3nc4cccnc4s3)C2)cc1. The third-order valence-corrected chi connectivity index (χ3v) is 5.88. The number of ether oxygens (including phenoxy) is 1. The number of nitrogens with one attached hydrogen (secondary N) is 1. The summed E-state index contributed by atoms with van der Waals surface area (Å²) in [5, 5.41) is 4.02. The number of carbonyl (C=O) groups is 1. The standard InChI is InChI=1S/C20H22N4O2S/c1-26-16-8-6-14(7-9-16)12-22-18(25)15-4-3-11-24(13-15)20-23-17-5-2-10-21-19(17)27-20/h2,5-10,15H,3-4,11-13H2,1H3,(H,22,25)/t15-/m1/s1. The molecule has 1 atom stereocenters. The minimum Gasteiger partial charge on any atom is -0.497 e. The van der Waals surface area contributed by atoms with E-state index in [2.05, 4.69) is 20.2 Å². The molecule has 0 spiro atoms. The molecule has 1 aromatic carbocycles. The van der Waals surface area contributed by atoms with Crippen LogP contribution in [0.4, 0.5) is 5.13 Å². The summed E-state index contributed by atoms with van der Waals surface area (Å²) in [4.78, 5) is 24.9. The first kappa shape index (κ1) is 17.7. The van der Waals surface area contributed by atoms with Crippen molar-refractivity contribution in [3.8, 4) is 5.75 Å². The minimum atomic E-state index is -0.0167. The Morgan fingerprint density at radius 1 is 1.33 bits per heavy atom. The van der Waals surface area contributed by atoms with Crippen molar-refractivity contribution in [3.63, 3.8) is 0 Å². The van der Waals surface area contributed by atoms with Crippen molar-refractivity contribution in [2.75, 3.05) is 25.1 Å². The van der Waals surface area contributed by atoms with E-state index in [1.807, 2.05) is 36.4 Å². The van der Waals surface area contributed by atoms with Gasteiger partial charge in [-0.25, -0.2) is 9.97 Å². The second-order valence-electron chi connectivity index (χ2n) is 6.68. The lowest BCUT2D eigenvalue weighted by Crippen LogP contribution is -2.42. The zero-order valence-electron chi connectivity index (χ0n) is 15.2. The summed E-state index contributed by atoms with van der Waals surface area (Å²) in [5.74, 6) is 0.907. The summed E-state index contributed by atoms with van der Waals surface area (Å²) in [6.07, 6.45) is 3.69. The van der Waals surface area contributed by atoms with Gasteiger partial charge >= 0.3 is 0 Å². The highest BCUT2D eigenvalue weighted by Gasteiger charge is 2.27. The summed E-state index contributed by atoms with van der Waals surface area (Å²) in [6.45, 7) is 2.17. The van der Waals surface area contributed by atoms with Crippen LogP contribution in [0.15, 0.2) is 42.6 Å². The Kier molecular flexibility index (Phi) is 5.20. The quantitative estimate of drug-likeness (QED) is 0.734. The van der Waals surface area contributed by atoms with E-state index in [1.165, 1.54) is 0 Å². The molecule has 1 aliphatic rings. The van der Waals surface area contributed by atoms with Gasteiger partial charge in [-0.05, 0) is 42.7 Å². The molecule has 0 saturated carbocycles. The Morgan fingerprint density at radius 3 is 2.96 bits per heavy atom. The van der Waals surface area contributed by atoms with Gasteiger partial charge in [-0.2, -0.15) is 0 Å². The summed E-state index contributed by atoms with van der Waals surface area (Å²) in [5.41, 5.74) is 1.98. The third-order valence-electron chi connectivity index (χ3n) is 4.84. The third kappa shape index (κ3) is 4.03. The maximum Gasteiger partial charge on any atom is 0.225 e. The minimum absolute atomic E-state index is 0.0167. The van der Waals surface area contributed by atoms with Gasteiger partial charge in [0.2, 0.25) is 5.91 Å². The number of rotatable bonds is 5. The second-order valence-corrected chi connectivity index (χ2v) is 7.63. The number of benzene rings is 1. The van der Waals surface area contributed by atoms with Crippen molar-refractivity contribution in [3.05, 3.63) is 48.2 Å². The molecule has 0 radical (unpaired) electrons. The van der Waals surface area contributed by atoms with E-state index in [0.717, 1.165) is 46.2 Å². The van der Waals surface area contributed by atoms with E-state index in [-0.39, 0.29) is 11.8 Å². The lowest BCUT2D eigenvalue weighted by Gasteiger charge is -2.31. The number of hydrogen-bond donors (Lipinski definition) is 1. The number of aromatic nitrogens is 2. The van der Waals surface area contributed by atoms with Gasteiger partial charge in [0, 0.05) is 25.8 Å². The molecule has 3 heterocycles. The van der Waals surface area contributed by atoms with Crippen LogP contribution in [0, 0.1) is 5.92 Å². The fraction of sp³-hybridized carbons (Fsp3) is 0.350. The number of amides is 1. The van der Waals surface area contributed by atoms with Crippen LogP contribution in [0.2, 0.25) is 0 Å². The van der Waals surface area contributed by atoms with Gasteiger partial charge in [0.25, 0.3) is 0 Å². The topological polar surface area (TPSA) is 67.3 Å². The molecule has 1 fully saturated rings. The number of carbonyl (C=O) groups excluding carboxylic acids is 1. The van der Waals surface area contributed by atoms with Gasteiger partial charge in [0.1, 0.15) is 16.1 Å². The Balaban J connectivity index is 1.37. The first-order chi connectivity index (χ1) is 13.2. The average molecular weight is 382 g/mol. The fourth-order valence-corrected chi connectivity index (χ4v) is 4.28. The zero-order valence-corrected chi connectivity index (χ0v) is 16.0. The number of pyridine rings is 1. The summed E-state index contributed by atoms with van der Waals surface area (Å²) in [7, 11) is 1.65. The van der Waals surface area contributed by atoms with Crippen molar-refractivity contribution in [1.82, 2.24) is 15.3 Å². The van der Waals surface area contributed by atoms with Gasteiger partial charge in [0.15, 0.2) is 5.13 Å². The predicted octanol–water partition coefficient (Wildman–Crippen LogP) is 3.23. The van der Waals surface area contributed by atoms with Gasteiger partial charge in [-0.15, -0.1) is 0 Å². The van der Waals surface area contributed by atoms with Crippen LogP contribution in [0.1, 0.15) is 18.4 Å². The first-order valence-corrected chi connectivity index (χ1v) is 9.92. The molecule has 140 valence electrons. The van der Waals surface area contributed by atoms with Crippen LogP contribution in [0.5, 0.6) is 5.75 Å². The molecule has 2 aromatic heterocycles. The largest absolute Gasteiger partial charge is 0.497 e. The highest BCUT2D eigenvalue weighted by atomic mass is 32.1. The fourth-order valence-electron chi connectivity index (χ4n) is 3.34. The lowest BCUT2D eigenvalue weighted by molar-refractivity contribution is -0.125. The lowest BCUT2D eigenvalue weighted by atomic mass is 9.97. The van der Waals surface area contributed by atoms with Crippen LogP contribution < -0.4 is 15.0 Å². The zero-order chi connectivity index (χ0) is 18.6. The molecule has 7 heteroatoms. The van der Waals surface area contributed by atoms with E-state index >= 15 is 0 Å². The van der Waals surface area contributed by atoms with E-state index in [9.17, 15) is 4.79 Å². The van der Waals surface area contributed by atoms with Crippen LogP contribution >= 0.6 is 11.3 Å². The Labute approximate surface area is 162 Å². The van der Waals surface area contributed by atoms with Gasteiger partial charge in [-0.3, -0.25) is 4.79 Å². The van der Waals surface area contributed by atoms with Crippen LogP contribution in [0.25, 0.3) is 10.3 Å². The van der Waals surface area contributed by atoms with Crippen LogP contribution in [-0.2, 0) is 11.3 Å². The number of methoxy groups -OCH3 is 1. The van der Waals surface area contributed by atoms with Crippen molar-refractivity contribution >= 4 is 32.7 Å². The normalized spacial score (nSPS) is 17.1. The number of piperidine rings is 1. The van der Waals surface area contributed by atoms with E-state index < -0.39 is 0 Å². The average Bonchev–Trinajstić information content (AvgIpc) is 3.17. The van der Waals surface area contributed by atoms with Gasteiger partial charge in [0.05, 0.1) is 13.0 Å². The molecule has 1 amide bonds. The maximum absolute atomic E-state index is 12.7. The molecule has 3 aromatic rings. The molecule has 1 saturated heterocycles. The monoisotopic (exact) mass is 382 g/mol. The predicted molar refractivity (Wildman–Crippen MR) is 107 cm³/mol. The van der Waals surface area contributed by atoms with E-state index in [0.29, 0.717) is 13.1 Å². The van der Waals surface area contributed by atoms with Crippen molar-refractivity contribution in [2.45, 2.75) is 19.4 Å². The summed E-state index contributed by atoms with van der Waals surface area (Å²) < 4.78 is 5.16. The number of nitrogens with zero attached hydrogens (tertiary/aromatic N) is 3. The smallest absolute Gasteiger partial charge is 0.225 e. The first-order valence-electron chi connectivity index (χ1n) is 9.10. The van der Waals surface area contributed by atoms with Crippen LogP contribution in [0.3, 0.4) is 0 Å². The molecule has 4 rings (SSSR count). The second kappa shape index (κ2) is 7.92. The molecular weight excluding hydrogens is 360 g/mol. The van der Waals surface area contributed by atoms with Crippen molar-refractivity contribution < 1.29 is 9.53 Å². The number of fused-ring (bicyclic) bond motifs is 1. The maximum atomic E-state index is 12.7. The molecule has 0 aliphatic carbocycles. The molecule has 1 N–H and O–H groups in total. The van der Waals surface area contributed by atoms with Gasteiger partial charge < -0.3 is 15.0 Å². The molecule has 27 heavy (non-hydrogen) atoms. The van der Waals surface area contributed by atoms with E-state index in [1.54, 1.807) is 24.6 Å². The Hall–Kier alpha value is -2.67. The molecular formula is C20H22N4O2S. The number of anilines is 1. The summed E-state index contributed by atoms with van der Waals surface area (Å²) >= 11 is 1.59. The van der Waals surface area contributed by atoms with Crippen LogP contribution in [-0.4, -0.2) is 36.1 Å². The highest BCUT2D eigenvalue weighted by Crippen LogP contribution is 2.30. The van der Waals surface area contributed by atoms with Crippen molar-refractivity contribution in [1.29, 1.82) is 0 Å². The summed E-state index contributed by atoms with van der Waals surface area (Å²) in [6, 6.07) is 11.6.